The van der Waals surface area contributed by atoms with Crippen molar-refractivity contribution < 1.29 is 9.59 Å². The Morgan fingerprint density at radius 2 is 1.73 bits per heavy atom. The highest BCUT2D eigenvalue weighted by Crippen LogP contribution is 2.26. The zero-order valence-corrected chi connectivity index (χ0v) is 7.86. The average Bonchev–Trinajstić information content (AvgIpc) is 1.53. The van der Waals surface area contributed by atoms with E-state index in [0.717, 1.165) is 0 Å². The number of carbonyl (C=O) groups is 2. The van der Waals surface area contributed by atoms with Crippen LogP contribution in [-0.2, 0) is 9.59 Å². The second kappa shape index (κ2) is 3.86. The molecule has 0 N–H and O–H groups in total. The molecule has 0 amide bonds. The van der Waals surface area contributed by atoms with Gasteiger partial charge < -0.3 is 4.79 Å². The zero-order chi connectivity index (χ0) is 9.07. The molecular formula is C8H13ClO2. The van der Waals surface area contributed by atoms with E-state index in [0.29, 0.717) is 6.42 Å². The van der Waals surface area contributed by atoms with Gasteiger partial charge in [0.2, 0.25) is 5.24 Å². The van der Waals surface area contributed by atoms with Gasteiger partial charge in [0.1, 0.15) is 5.78 Å². The van der Waals surface area contributed by atoms with Crippen molar-refractivity contribution in [2.45, 2.75) is 33.6 Å². The van der Waals surface area contributed by atoms with E-state index in [1.807, 2.05) is 13.8 Å². The number of halogens is 1. The lowest BCUT2D eigenvalue weighted by Crippen LogP contribution is -2.17. The molecule has 0 bridgehead atoms. The predicted octanol–water partition coefficient (Wildman–Crippen LogP) is 2.15. The van der Waals surface area contributed by atoms with Crippen molar-refractivity contribution in [3.05, 3.63) is 0 Å². The van der Waals surface area contributed by atoms with E-state index in [1.165, 1.54) is 6.92 Å². The van der Waals surface area contributed by atoms with Crippen molar-refractivity contribution in [3.63, 3.8) is 0 Å². The first kappa shape index (κ1) is 10.6. The van der Waals surface area contributed by atoms with Gasteiger partial charge in [0, 0.05) is 12.8 Å². The van der Waals surface area contributed by atoms with Crippen LogP contribution in [0.3, 0.4) is 0 Å². The molecule has 0 aliphatic carbocycles. The van der Waals surface area contributed by atoms with Crippen LogP contribution >= 0.6 is 11.6 Å². The summed E-state index contributed by atoms with van der Waals surface area (Å²) in [6, 6.07) is 0. The van der Waals surface area contributed by atoms with Gasteiger partial charge in [0.15, 0.2) is 0 Å². The molecule has 0 aliphatic heterocycles. The molecule has 0 fully saturated rings. The third-order valence-electron chi connectivity index (χ3n) is 1.35. The molecule has 0 heterocycles. The summed E-state index contributed by atoms with van der Waals surface area (Å²) >= 11 is 5.20. The van der Waals surface area contributed by atoms with E-state index in [1.54, 1.807) is 0 Å². The number of ketones is 1. The highest BCUT2D eigenvalue weighted by Gasteiger charge is 2.22. The smallest absolute Gasteiger partial charge is 0.222 e. The van der Waals surface area contributed by atoms with Crippen LogP contribution in [0.15, 0.2) is 0 Å². The molecule has 0 atom stereocenters. The Bertz CT molecular complexity index is 155. The molecule has 0 unspecified atom stereocenters. The fourth-order valence-electron chi connectivity index (χ4n) is 1.11. The highest BCUT2D eigenvalue weighted by molar-refractivity contribution is 6.63. The quantitative estimate of drug-likeness (QED) is 0.616. The number of hydrogen-bond donors (Lipinski definition) is 0. The highest BCUT2D eigenvalue weighted by atomic mass is 35.5. The molecule has 0 saturated carbocycles. The summed E-state index contributed by atoms with van der Waals surface area (Å²) in [7, 11) is 0. The fraction of sp³-hybridized carbons (Fsp3) is 0.750. The second-order valence-corrected chi connectivity index (χ2v) is 4.00. The third-order valence-corrected chi connectivity index (χ3v) is 1.48. The normalized spacial score (nSPS) is 11.3. The van der Waals surface area contributed by atoms with Crippen molar-refractivity contribution in [2.24, 2.45) is 5.41 Å². The summed E-state index contributed by atoms with van der Waals surface area (Å²) in [5, 5.41) is -0.378. The minimum atomic E-state index is -0.378. The lowest BCUT2D eigenvalue weighted by atomic mass is 9.85. The van der Waals surface area contributed by atoms with Gasteiger partial charge in [-0.05, 0) is 23.9 Å². The van der Waals surface area contributed by atoms with Gasteiger partial charge >= 0.3 is 0 Å². The van der Waals surface area contributed by atoms with Crippen LogP contribution in [-0.4, -0.2) is 11.0 Å². The summed E-state index contributed by atoms with van der Waals surface area (Å²) in [4.78, 5) is 21.2. The fourth-order valence-corrected chi connectivity index (χ4v) is 1.47. The third kappa shape index (κ3) is 6.05. The number of Topliss-reactive ketones (excluding diaryl/α,β-unsaturated/α-hetero) is 1. The largest absolute Gasteiger partial charge is 0.300 e. The number of carbonyl (C=O) groups excluding carboxylic acids is 2. The first-order valence-electron chi connectivity index (χ1n) is 3.51. The average molecular weight is 177 g/mol. The predicted molar refractivity (Wildman–Crippen MR) is 44.6 cm³/mol. The van der Waals surface area contributed by atoms with Gasteiger partial charge in [-0.15, -0.1) is 0 Å². The van der Waals surface area contributed by atoms with Crippen LogP contribution < -0.4 is 0 Å². The summed E-state index contributed by atoms with van der Waals surface area (Å²) in [6.07, 6.45) is 0.666. The minimum absolute atomic E-state index is 0.0907. The van der Waals surface area contributed by atoms with Gasteiger partial charge in [-0.1, -0.05) is 13.8 Å². The Morgan fingerprint density at radius 3 is 2.00 bits per heavy atom. The van der Waals surface area contributed by atoms with Crippen LogP contribution in [0.4, 0.5) is 0 Å². The first-order chi connectivity index (χ1) is 4.83. The first-order valence-corrected chi connectivity index (χ1v) is 3.89. The maximum absolute atomic E-state index is 10.7. The monoisotopic (exact) mass is 176 g/mol. The molecular weight excluding hydrogens is 164 g/mol. The van der Waals surface area contributed by atoms with Crippen molar-refractivity contribution in [1.29, 1.82) is 0 Å². The van der Waals surface area contributed by atoms with E-state index >= 15 is 0 Å². The Kier molecular flexibility index (Phi) is 3.73. The van der Waals surface area contributed by atoms with Crippen LogP contribution in [0.2, 0.25) is 0 Å². The van der Waals surface area contributed by atoms with E-state index in [-0.39, 0.29) is 22.9 Å². The van der Waals surface area contributed by atoms with E-state index in [4.69, 9.17) is 11.6 Å². The van der Waals surface area contributed by atoms with Crippen LogP contribution in [0.25, 0.3) is 0 Å². The molecule has 0 spiro atoms. The molecule has 0 saturated heterocycles. The Labute approximate surface area is 71.9 Å². The van der Waals surface area contributed by atoms with Gasteiger partial charge in [-0.25, -0.2) is 0 Å². The van der Waals surface area contributed by atoms with Crippen molar-refractivity contribution in [1.82, 2.24) is 0 Å². The Balaban J connectivity index is 3.99. The summed E-state index contributed by atoms with van der Waals surface area (Å²) in [5.41, 5.74) is -0.287. The molecule has 0 aliphatic rings. The number of hydrogen-bond acceptors (Lipinski definition) is 2. The molecule has 2 nitrogen and oxygen atoms in total. The lowest BCUT2D eigenvalue weighted by Gasteiger charge is -2.20. The van der Waals surface area contributed by atoms with Crippen molar-refractivity contribution in [3.8, 4) is 0 Å². The number of rotatable bonds is 4. The van der Waals surface area contributed by atoms with Gasteiger partial charge in [0.25, 0.3) is 0 Å². The standard InChI is InChI=1S/C8H13ClO2/c1-6(10)4-8(2,3)5-7(9)11/h4-5H2,1-3H3. The maximum Gasteiger partial charge on any atom is 0.222 e. The zero-order valence-electron chi connectivity index (χ0n) is 7.11. The van der Waals surface area contributed by atoms with E-state index < -0.39 is 0 Å². The van der Waals surface area contributed by atoms with Crippen molar-refractivity contribution >= 4 is 22.6 Å². The van der Waals surface area contributed by atoms with Gasteiger partial charge in [0.05, 0.1) is 0 Å². The summed E-state index contributed by atoms with van der Waals surface area (Å²) in [6.45, 7) is 5.23. The van der Waals surface area contributed by atoms with Crippen LogP contribution in [0.1, 0.15) is 33.6 Å². The Hall–Kier alpha value is -0.370. The summed E-state index contributed by atoms with van der Waals surface area (Å²) in [5.74, 6) is 0.0907. The second-order valence-electron chi connectivity index (χ2n) is 3.57. The SMILES string of the molecule is CC(=O)CC(C)(C)CC(=O)Cl. The van der Waals surface area contributed by atoms with E-state index in [2.05, 4.69) is 0 Å². The topological polar surface area (TPSA) is 34.1 Å². The molecule has 0 aromatic heterocycles. The van der Waals surface area contributed by atoms with Crippen LogP contribution in [0, 0.1) is 5.41 Å². The minimum Gasteiger partial charge on any atom is -0.300 e. The molecule has 0 aromatic rings. The van der Waals surface area contributed by atoms with Crippen molar-refractivity contribution in [2.75, 3.05) is 0 Å². The van der Waals surface area contributed by atoms with Crippen LogP contribution in [0.5, 0.6) is 0 Å². The molecule has 0 aromatic carbocycles. The molecule has 64 valence electrons. The lowest BCUT2D eigenvalue weighted by molar-refractivity contribution is -0.119. The molecule has 11 heavy (non-hydrogen) atoms. The maximum atomic E-state index is 10.7. The molecule has 0 radical (unpaired) electrons. The molecule has 3 heteroatoms. The summed E-state index contributed by atoms with van der Waals surface area (Å²) < 4.78 is 0. The van der Waals surface area contributed by atoms with Gasteiger partial charge in [-0.2, -0.15) is 0 Å². The Morgan fingerprint density at radius 1 is 1.27 bits per heavy atom. The molecule has 0 rings (SSSR count). The van der Waals surface area contributed by atoms with E-state index in [9.17, 15) is 9.59 Å². The van der Waals surface area contributed by atoms with Gasteiger partial charge in [-0.3, -0.25) is 4.79 Å².